The Labute approximate surface area is 132 Å². The third kappa shape index (κ3) is 3.15. The molecule has 23 heavy (non-hydrogen) atoms. The molecule has 1 N–H and O–H groups in total. The average Bonchev–Trinajstić information content (AvgIpc) is 3.22. The van der Waals surface area contributed by atoms with Gasteiger partial charge < -0.3 is 19.7 Å². The number of fused-ring (bicyclic) bond motifs is 1. The summed E-state index contributed by atoms with van der Waals surface area (Å²) in [6.07, 6.45) is 2.86. The van der Waals surface area contributed by atoms with Crippen LogP contribution in [0.5, 0.6) is 5.75 Å². The number of aryl methyl sites for hydroxylation is 2. The standard InChI is InChI=1S/C15H17N6O2/c1-3-21(2)15(22)23-12-6-4-5-11-14(12)10(9-16-11)7-8-13-17-19-20-18-13/h4-6,9,16H,3,7-8H2,1-2H3/q-1. The van der Waals surface area contributed by atoms with Crippen LogP contribution >= 0.6 is 0 Å². The number of nitrogens with one attached hydrogen (secondary N) is 1. The van der Waals surface area contributed by atoms with Crippen LogP contribution in [0, 0.1) is 0 Å². The molecule has 120 valence electrons. The zero-order valence-corrected chi connectivity index (χ0v) is 13.0. The highest BCUT2D eigenvalue weighted by molar-refractivity contribution is 5.91. The highest BCUT2D eigenvalue weighted by Crippen LogP contribution is 2.29. The molecule has 2 aromatic heterocycles. The minimum Gasteiger partial charge on any atom is -0.409 e. The van der Waals surface area contributed by atoms with Crippen LogP contribution in [-0.2, 0) is 12.8 Å². The van der Waals surface area contributed by atoms with Crippen molar-refractivity contribution in [2.24, 2.45) is 0 Å². The van der Waals surface area contributed by atoms with Crippen LogP contribution in [0.1, 0.15) is 18.3 Å². The quantitative estimate of drug-likeness (QED) is 0.767. The number of amides is 1. The van der Waals surface area contributed by atoms with Gasteiger partial charge in [-0.05, 0) is 37.5 Å². The van der Waals surface area contributed by atoms with E-state index in [1.165, 1.54) is 4.90 Å². The van der Waals surface area contributed by atoms with Gasteiger partial charge in [-0.1, -0.05) is 6.07 Å². The Kier molecular flexibility index (Phi) is 4.22. The van der Waals surface area contributed by atoms with Crippen molar-refractivity contribution < 1.29 is 9.53 Å². The second-order valence-electron chi connectivity index (χ2n) is 5.17. The fraction of sp³-hybridized carbons (Fsp3) is 0.333. The van der Waals surface area contributed by atoms with Gasteiger partial charge in [-0.3, -0.25) is 10.3 Å². The molecule has 0 fully saturated rings. The molecule has 0 atom stereocenters. The largest absolute Gasteiger partial charge is 0.414 e. The van der Waals surface area contributed by atoms with Crippen molar-refractivity contribution in [1.82, 2.24) is 30.5 Å². The minimum absolute atomic E-state index is 0.375. The molecular formula is C15H17N6O2-. The third-order valence-electron chi connectivity index (χ3n) is 3.71. The maximum absolute atomic E-state index is 12.0. The molecule has 8 nitrogen and oxygen atoms in total. The van der Waals surface area contributed by atoms with Crippen molar-refractivity contribution >= 4 is 17.0 Å². The van der Waals surface area contributed by atoms with Gasteiger partial charge in [0, 0.05) is 36.5 Å². The van der Waals surface area contributed by atoms with E-state index in [0.29, 0.717) is 31.0 Å². The fourth-order valence-corrected chi connectivity index (χ4v) is 2.31. The van der Waals surface area contributed by atoms with Crippen LogP contribution in [0.3, 0.4) is 0 Å². The summed E-state index contributed by atoms with van der Waals surface area (Å²) in [6, 6.07) is 5.59. The lowest BCUT2D eigenvalue weighted by molar-refractivity contribution is 0.166. The fourth-order valence-electron chi connectivity index (χ4n) is 2.31. The van der Waals surface area contributed by atoms with E-state index >= 15 is 0 Å². The van der Waals surface area contributed by atoms with Crippen molar-refractivity contribution in [3.8, 4) is 5.75 Å². The molecule has 0 aliphatic heterocycles. The highest BCUT2D eigenvalue weighted by atomic mass is 16.6. The zero-order valence-electron chi connectivity index (χ0n) is 13.0. The molecular weight excluding hydrogens is 296 g/mol. The Morgan fingerprint density at radius 3 is 3.00 bits per heavy atom. The Morgan fingerprint density at radius 1 is 1.39 bits per heavy atom. The summed E-state index contributed by atoms with van der Waals surface area (Å²) < 4.78 is 5.53. The van der Waals surface area contributed by atoms with Crippen LogP contribution in [0.4, 0.5) is 4.79 Å². The van der Waals surface area contributed by atoms with Gasteiger partial charge in [-0.15, -0.1) is 0 Å². The first-order valence-corrected chi connectivity index (χ1v) is 7.38. The van der Waals surface area contributed by atoms with Crippen molar-refractivity contribution in [3.05, 3.63) is 35.8 Å². The third-order valence-corrected chi connectivity index (χ3v) is 3.71. The van der Waals surface area contributed by atoms with E-state index in [9.17, 15) is 4.79 Å². The minimum atomic E-state index is -0.375. The van der Waals surface area contributed by atoms with Crippen LogP contribution in [0.25, 0.3) is 10.9 Å². The molecule has 1 aromatic carbocycles. The van der Waals surface area contributed by atoms with E-state index in [-0.39, 0.29) is 6.09 Å². The molecule has 2 heterocycles. The Balaban J connectivity index is 1.86. The van der Waals surface area contributed by atoms with E-state index in [1.54, 1.807) is 13.1 Å². The summed E-state index contributed by atoms with van der Waals surface area (Å²) in [5, 5.41) is 15.5. The Bertz CT molecular complexity index is 796. The van der Waals surface area contributed by atoms with E-state index in [1.807, 2.05) is 25.3 Å². The molecule has 3 rings (SSSR count). The van der Waals surface area contributed by atoms with Crippen molar-refractivity contribution in [1.29, 1.82) is 0 Å². The first kappa shape index (κ1) is 15.0. The second-order valence-corrected chi connectivity index (χ2v) is 5.17. The summed E-state index contributed by atoms with van der Waals surface area (Å²) >= 11 is 0. The van der Waals surface area contributed by atoms with E-state index in [0.717, 1.165) is 16.5 Å². The van der Waals surface area contributed by atoms with Gasteiger partial charge in [0.05, 0.1) is 0 Å². The number of aromatic nitrogens is 5. The van der Waals surface area contributed by atoms with Gasteiger partial charge in [0.2, 0.25) is 0 Å². The zero-order chi connectivity index (χ0) is 16.2. The Morgan fingerprint density at radius 2 is 2.26 bits per heavy atom. The number of carbonyl (C=O) groups is 1. The molecule has 0 radical (unpaired) electrons. The lowest BCUT2D eigenvalue weighted by Gasteiger charge is -2.15. The topological polar surface area (TPSA) is 98.1 Å². The van der Waals surface area contributed by atoms with Crippen LogP contribution in [0.2, 0.25) is 0 Å². The van der Waals surface area contributed by atoms with E-state index in [4.69, 9.17) is 4.74 Å². The van der Waals surface area contributed by atoms with Gasteiger partial charge in [-0.25, -0.2) is 4.79 Å². The van der Waals surface area contributed by atoms with E-state index in [2.05, 4.69) is 25.6 Å². The predicted octanol–water partition coefficient (Wildman–Crippen LogP) is 1.55. The molecule has 0 spiro atoms. The SMILES string of the molecule is CCN(C)C(=O)Oc1cccc2[nH]cc(CCc3nnn[n-]3)c12. The summed E-state index contributed by atoms with van der Waals surface area (Å²) in [5.74, 6) is 1.14. The van der Waals surface area contributed by atoms with Crippen LogP contribution in [-0.4, -0.2) is 45.1 Å². The molecule has 0 aliphatic carbocycles. The number of hydrogen-bond acceptors (Lipinski definition) is 5. The van der Waals surface area contributed by atoms with Gasteiger partial charge >= 0.3 is 6.09 Å². The second kappa shape index (κ2) is 6.47. The molecule has 3 aromatic rings. The van der Waals surface area contributed by atoms with Gasteiger partial charge in [0.1, 0.15) is 5.75 Å². The number of aromatic amines is 1. The number of hydrogen-bond donors (Lipinski definition) is 1. The number of nitrogens with zero attached hydrogens (tertiary/aromatic N) is 5. The molecule has 0 saturated carbocycles. The Hall–Kier alpha value is -2.90. The molecule has 0 aliphatic rings. The summed E-state index contributed by atoms with van der Waals surface area (Å²) in [7, 11) is 1.70. The van der Waals surface area contributed by atoms with Crippen molar-refractivity contribution in [2.45, 2.75) is 19.8 Å². The lowest BCUT2D eigenvalue weighted by Crippen LogP contribution is -2.29. The van der Waals surface area contributed by atoms with Crippen LogP contribution in [0.15, 0.2) is 24.4 Å². The van der Waals surface area contributed by atoms with Crippen molar-refractivity contribution in [2.75, 3.05) is 13.6 Å². The molecule has 1 amide bonds. The van der Waals surface area contributed by atoms with E-state index < -0.39 is 0 Å². The maximum atomic E-state index is 12.0. The number of benzene rings is 1. The molecule has 0 unspecified atom stereocenters. The van der Waals surface area contributed by atoms with Crippen LogP contribution < -0.4 is 9.84 Å². The highest BCUT2D eigenvalue weighted by Gasteiger charge is 2.14. The molecule has 0 saturated heterocycles. The smallest absolute Gasteiger partial charge is 0.409 e. The first-order valence-electron chi connectivity index (χ1n) is 7.38. The number of H-pyrrole nitrogens is 1. The summed E-state index contributed by atoms with van der Waals surface area (Å²) in [5.41, 5.74) is 1.96. The summed E-state index contributed by atoms with van der Waals surface area (Å²) in [4.78, 5) is 16.7. The average molecular weight is 313 g/mol. The number of rotatable bonds is 5. The normalized spacial score (nSPS) is 10.9. The lowest BCUT2D eigenvalue weighted by atomic mass is 10.1. The monoisotopic (exact) mass is 313 g/mol. The number of tetrazole rings is 1. The number of carbonyl (C=O) groups excluding carboxylic acids is 1. The van der Waals surface area contributed by atoms with Gasteiger partial charge in [0.15, 0.2) is 0 Å². The predicted molar refractivity (Wildman–Crippen MR) is 83.2 cm³/mol. The summed E-state index contributed by atoms with van der Waals surface area (Å²) in [6.45, 7) is 2.48. The van der Waals surface area contributed by atoms with Crippen molar-refractivity contribution in [3.63, 3.8) is 0 Å². The number of ether oxygens (including phenoxy) is 1. The molecule has 0 bridgehead atoms. The first-order chi connectivity index (χ1) is 11.2. The molecule has 8 heteroatoms. The van der Waals surface area contributed by atoms with Gasteiger partial charge in [-0.2, -0.15) is 5.21 Å². The van der Waals surface area contributed by atoms with Gasteiger partial charge in [0.25, 0.3) is 0 Å². The maximum Gasteiger partial charge on any atom is 0.414 e.